The van der Waals surface area contributed by atoms with E-state index in [2.05, 4.69) is 11.4 Å². The molecule has 5 heteroatoms. The minimum Gasteiger partial charge on any atom is -0.495 e. The van der Waals surface area contributed by atoms with E-state index in [1.54, 1.807) is 30.3 Å². The molecule has 0 aliphatic heterocycles. The molecule has 0 heterocycles. The molecule has 0 unspecified atom stereocenters. The van der Waals surface area contributed by atoms with Crippen LogP contribution in [0.5, 0.6) is 5.75 Å². The molecular formula is C21H21FN2O2. The number of nitrogens with zero attached hydrogens (tertiary/aromatic N) is 1. The summed E-state index contributed by atoms with van der Waals surface area (Å²) in [6.07, 6.45) is 4.46. The summed E-state index contributed by atoms with van der Waals surface area (Å²) in [5, 5.41) is 12.2. The van der Waals surface area contributed by atoms with Crippen molar-refractivity contribution in [2.75, 3.05) is 12.4 Å². The van der Waals surface area contributed by atoms with Crippen LogP contribution in [-0.4, -0.2) is 13.0 Å². The van der Waals surface area contributed by atoms with Crippen LogP contribution in [0, 0.1) is 17.1 Å². The van der Waals surface area contributed by atoms with Gasteiger partial charge in [-0.05, 0) is 48.7 Å². The molecule has 0 bridgehead atoms. The third-order valence-electron chi connectivity index (χ3n) is 5.12. The molecule has 1 saturated carbocycles. The quantitative estimate of drug-likeness (QED) is 0.878. The third kappa shape index (κ3) is 3.41. The van der Waals surface area contributed by atoms with E-state index in [9.17, 15) is 14.4 Å². The van der Waals surface area contributed by atoms with E-state index in [1.165, 1.54) is 19.2 Å². The van der Waals surface area contributed by atoms with Crippen molar-refractivity contribution in [1.29, 1.82) is 5.26 Å². The second-order valence-corrected chi connectivity index (χ2v) is 6.63. The number of methoxy groups -OCH3 is 1. The number of anilines is 1. The van der Waals surface area contributed by atoms with Gasteiger partial charge < -0.3 is 10.1 Å². The SMILES string of the molecule is COc1ccc(NC(=O)C2(c3ccc(F)cc3)CCCCC2)cc1C#N. The topological polar surface area (TPSA) is 62.1 Å². The molecule has 2 aromatic carbocycles. The fourth-order valence-electron chi connectivity index (χ4n) is 3.69. The van der Waals surface area contributed by atoms with Crippen molar-refractivity contribution in [2.45, 2.75) is 37.5 Å². The van der Waals surface area contributed by atoms with Crippen LogP contribution in [0.4, 0.5) is 10.1 Å². The Morgan fingerprint density at radius 1 is 1.15 bits per heavy atom. The lowest BCUT2D eigenvalue weighted by atomic mass is 9.68. The number of carbonyl (C=O) groups excluding carboxylic acids is 1. The number of nitriles is 1. The number of hydrogen-bond acceptors (Lipinski definition) is 3. The van der Waals surface area contributed by atoms with Crippen molar-refractivity contribution in [3.8, 4) is 11.8 Å². The monoisotopic (exact) mass is 352 g/mol. The molecule has 4 nitrogen and oxygen atoms in total. The van der Waals surface area contributed by atoms with Crippen molar-refractivity contribution < 1.29 is 13.9 Å². The van der Waals surface area contributed by atoms with E-state index in [0.717, 1.165) is 37.7 Å². The Balaban J connectivity index is 1.92. The van der Waals surface area contributed by atoms with Crippen molar-refractivity contribution in [1.82, 2.24) is 0 Å². The van der Waals surface area contributed by atoms with Crippen molar-refractivity contribution in [3.05, 3.63) is 59.4 Å². The minimum atomic E-state index is -0.668. The smallest absolute Gasteiger partial charge is 0.235 e. The number of hydrogen-bond donors (Lipinski definition) is 1. The predicted octanol–water partition coefficient (Wildman–Crippen LogP) is 4.55. The molecule has 0 radical (unpaired) electrons. The Bertz CT molecular complexity index is 834. The van der Waals surface area contributed by atoms with Crippen LogP contribution >= 0.6 is 0 Å². The zero-order chi connectivity index (χ0) is 18.6. The summed E-state index contributed by atoms with van der Waals surface area (Å²) in [4.78, 5) is 13.2. The Kier molecular flexibility index (Phi) is 5.22. The number of amides is 1. The van der Waals surface area contributed by atoms with E-state index < -0.39 is 5.41 Å². The number of nitrogens with one attached hydrogen (secondary N) is 1. The number of ether oxygens (including phenoxy) is 1. The molecular weight excluding hydrogens is 331 g/mol. The van der Waals surface area contributed by atoms with E-state index in [4.69, 9.17) is 4.74 Å². The van der Waals surface area contributed by atoms with Crippen LogP contribution in [0.1, 0.15) is 43.2 Å². The highest BCUT2D eigenvalue weighted by Crippen LogP contribution is 2.40. The Hall–Kier alpha value is -2.87. The van der Waals surface area contributed by atoms with Gasteiger partial charge in [0.05, 0.1) is 18.1 Å². The molecule has 0 saturated heterocycles. The second-order valence-electron chi connectivity index (χ2n) is 6.63. The molecule has 134 valence electrons. The molecule has 3 rings (SSSR count). The van der Waals surface area contributed by atoms with E-state index >= 15 is 0 Å². The van der Waals surface area contributed by atoms with Gasteiger partial charge in [0.25, 0.3) is 0 Å². The molecule has 1 aliphatic rings. The fraction of sp³-hybridized carbons (Fsp3) is 0.333. The van der Waals surface area contributed by atoms with Gasteiger partial charge in [-0.2, -0.15) is 5.26 Å². The first kappa shape index (κ1) is 17.9. The maximum absolute atomic E-state index is 13.3. The van der Waals surface area contributed by atoms with Gasteiger partial charge in [-0.3, -0.25) is 4.79 Å². The summed E-state index contributed by atoms with van der Waals surface area (Å²) >= 11 is 0. The molecule has 26 heavy (non-hydrogen) atoms. The summed E-state index contributed by atoms with van der Waals surface area (Å²) in [5.41, 5.74) is 1.09. The first-order valence-corrected chi connectivity index (χ1v) is 8.75. The average molecular weight is 352 g/mol. The summed E-state index contributed by atoms with van der Waals surface area (Å²) in [6, 6.07) is 13.3. The second kappa shape index (κ2) is 7.57. The minimum absolute atomic E-state index is 0.113. The number of benzene rings is 2. The lowest BCUT2D eigenvalue weighted by Crippen LogP contribution is -2.42. The van der Waals surface area contributed by atoms with Crippen molar-refractivity contribution in [3.63, 3.8) is 0 Å². The summed E-state index contributed by atoms with van der Waals surface area (Å²) in [7, 11) is 1.50. The van der Waals surface area contributed by atoms with Crippen LogP contribution < -0.4 is 10.1 Å². The van der Waals surface area contributed by atoms with Crippen LogP contribution in [-0.2, 0) is 10.2 Å². The molecule has 2 aromatic rings. The van der Waals surface area contributed by atoms with E-state index in [0.29, 0.717) is 17.0 Å². The van der Waals surface area contributed by atoms with Crippen LogP contribution in [0.3, 0.4) is 0 Å². The molecule has 1 amide bonds. The van der Waals surface area contributed by atoms with Gasteiger partial charge in [0.1, 0.15) is 17.6 Å². The number of carbonyl (C=O) groups is 1. The third-order valence-corrected chi connectivity index (χ3v) is 5.12. The maximum Gasteiger partial charge on any atom is 0.235 e. The largest absolute Gasteiger partial charge is 0.495 e. The molecule has 0 spiro atoms. The lowest BCUT2D eigenvalue weighted by Gasteiger charge is -2.36. The Morgan fingerprint density at radius 2 is 1.85 bits per heavy atom. The van der Waals surface area contributed by atoms with Gasteiger partial charge in [0, 0.05) is 5.69 Å². The molecule has 1 aliphatic carbocycles. The molecule has 0 atom stereocenters. The van der Waals surface area contributed by atoms with Crippen molar-refractivity contribution >= 4 is 11.6 Å². The molecule has 0 aromatic heterocycles. The first-order chi connectivity index (χ1) is 12.6. The zero-order valence-electron chi connectivity index (χ0n) is 14.7. The van der Waals surface area contributed by atoms with E-state index in [1.807, 2.05) is 0 Å². The van der Waals surface area contributed by atoms with Gasteiger partial charge >= 0.3 is 0 Å². The fourth-order valence-corrected chi connectivity index (χ4v) is 3.69. The van der Waals surface area contributed by atoms with Gasteiger partial charge in [-0.25, -0.2) is 4.39 Å². The maximum atomic E-state index is 13.3. The van der Waals surface area contributed by atoms with Gasteiger partial charge in [0.15, 0.2) is 0 Å². The van der Waals surface area contributed by atoms with Crippen LogP contribution in [0.2, 0.25) is 0 Å². The average Bonchev–Trinajstić information content (AvgIpc) is 2.68. The van der Waals surface area contributed by atoms with E-state index in [-0.39, 0.29) is 11.7 Å². The highest BCUT2D eigenvalue weighted by Gasteiger charge is 2.41. The highest BCUT2D eigenvalue weighted by molar-refractivity contribution is 5.99. The Labute approximate surface area is 152 Å². The first-order valence-electron chi connectivity index (χ1n) is 8.75. The van der Waals surface area contributed by atoms with Gasteiger partial charge in [0.2, 0.25) is 5.91 Å². The van der Waals surface area contributed by atoms with Crippen LogP contribution in [0.25, 0.3) is 0 Å². The molecule has 1 fully saturated rings. The van der Waals surface area contributed by atoms with Gasteiger partial charge in [-0.1, -0.05) is 31.4 Å². The highest BCUT2D eigenvalue weighted by atomic mass is 19.1. The van der Waals surface area contributed by atoms with Crippen molar-refractivity contribution in [2.24, 2.45) is 0 Å². The number of halogens is 1. The zero-order valence-corrected chi connectivity index (χ0v) is 14.7. The predicted molar refractivity (Wildman–Crippen MR) is 97.5 cm³/mol. The summed E-state index contributed by atoms with van der Waals surface area (Å²) < 4.78 is 18.5. The normalized spacial score (nSPS) is 15.7. The molecule has 1 N–H and O–H groups in total. The van der Waals surface area contributed by atoms with Gasteiger partial charge in [-0.15, -0.1) is 0 Å². The standard InChI is InChI=1S/C21H21FN2O2/c1-26-19-10-9-18(13-15(19)14-23)24-20(25)21(11-3-2-4-12-21)16-5-7-17(22)8-6-16/h5-10,13H,2-4,11-12H2,1H3,(H,24,25). The van der Waals surface area contributed by atoms with Crippen LogP contribution in [0.15, 0.2) is 42.5 Å². The Morgan fingerprint density at radius 3 is 2.46 bits per heavy atom. The lowest BCUT2D eigenvalue weighted by molar-refractivity contribution is -0.122. The summed E-state index contributed by atoms with van der Waals surface area (Å²) in [5.74, 6) is 0.0446. The number of rotatable bonds is 4. The summed E-state index contributed by atoms with van der Waals surface area (Å²) in [6.45, 7) is 0.